The van der Waals surface area contributed by atoms with E-state index >= 15 is 0 Å². The summed E-state index contributed by atoms with van der Waals surface area (Å²) in [6.45, 7) is 9.98. The lowest BCUT2D eigenvalue weighted by atomic mass is 9.73. The van der Waals surface area contributed by atoms with E-state index in [1.54, 1.807) is 0 Å². The first kappa shape index (κ1) is 47.8. The first-order valence-corrected chi connectivity index (χ1v) is 20.3. The molecule has 2 N–H and O–H groups in total. The molecule has 0 saturated carbocycles. The van der Waals surface area contributed by atoms with Gasteiger partial charge in [-0.15, -0.1) is 0 Å². The third-order valence-corrected chi connectivity index (χ3v) is 9.27. The van der Waals surface area contributed by atoms with Crippen LogP contribution in [0.2, 0.25) is 0 Å². The highest BCUT2D eigenvalue weighted by Crippen LogP contribution is 2.37. The molecule has 0 aliphatic rings. The van der Waals surface area contributed by atoms with Crippen molar-refractivity contribution >= 4 is 17.9 Å². The SMILES string of the molecule is CN(C)CC(C)(C)CC(C)(C)CC(=O)OC(CCCCCCCC/C=C\CCCCC(=O)O)CCCCCCCC/C=C\CCCCC(=O)O. The van der Waals surface area contributed by atoms with Gasteiger partial charge in [-0.2, -0.15) is 0 Å². The van der Waals surface area contributed by atoms with Crippen LogP contribution in [0.3, 0.4) is 0 Å². The second kappa shape index (κ2) is 30.5. The molecule has 0 saturated heterocycles. The summed E-state index contributed by atoms with van der Waals surface area (Å²) in [5.74, 6) is -1.45. The number of aliphatic carboxylic acids is 2. The minimum atomic E-state index is -0.705. The second-order valence-electron chi connectivity index (χ2n) is 16.7. The van der Waals surface area contributed by atoms with Gasteiger partial charge in [0.25, 0.3) is 0 Å². The Morgan fingerprint density at radius 2 is 0.920 bits per heavy atom. The maximum absolute atomic E-state index is 13.2. The summed E-state index contributed by atoms with van der Waals surface area (Å²) in [5.41, 5.74) is 0.0259. The fraction of sp³-hybridized carbons (Fsp3) is 0.837. The van der Waals surface area contributed by atoms with E-state index in [9.17, 15) is 14.4 Å². The Kier molecular flexibility index (Phi) is 29.2. The number of rotatable bonds is 35. The van der Waals surface area contributed by atoms with Crippen molar-refractivity contribution in [1.29, 1.82) is 0 Å². The molecular formula is C43H79NO6. The topological polar surface area (TPSA) is 104 Å². The fourth-order valence-corrected chi connectivity index (χ4v) is 7.38. The van der Waals surface area contributed by atoms with Gasteiger partial charge in [-0.25, -0.2) is 0 Å². The van der Waals surface area contributed by atoms with Crippen molar-refractivity contribution in [3.8, 4) is 0 Å². The molecule has 292 valence electrons. The predicted molar refractivity (Wildman–Crippen MR) is 210 cm³/mol. The summed E-state index contributed by atoms with van der Waals surface area (Å²) in [6.07, 6.45) is 34.9. The normalized spacial score (nSPS) is 12.6. The Labute approximate surface area is 308 Å². The fourth-order valence-electron chi connectivity index (χ4n) is 7.38. The average Bonchev–Trinajstić information content (AvgIpc) is 2.99. The van der Waals surface area contributed by atoms with Crippen LogP contribution in [0.4, 0.5) is 0 Å². The van der Waals surface area contributed by atoms with Crippen molar-refractivity contribution in [1.82, 2.24) is 4.90 Å². The lowest BCUT2D eigenvalue weighted by Crippen LogP contribution is -2.34. The van der Waals surface area contributed by atoms with Gasteiger partial charge in [-0.3, -0.25) is 14.4 Å². The number of allylic oxidation sites excluding steroid dienone is 4. The Morgan fingerprint density at radius 1 is 0.560 bits per heavy atom. The lowest BCUT2D eigenvalue weighted by Gasteiger charge is -2.36. The smallest absolute Gasteiger partial charge is 0.306 e. The van der Waals surface area contributed by atoms with E-state index in [1.165, 1.54) is 64.2 Å². The molecule has 0 aliphatic heterocycles. The number of hydrogen-bond acceptors (Lipinski definition) is 5. The van der Waals surface area contributed by atoms with E-state index in [0.29, 0.717) is 6.42 Å². The van der Waals surface area contributed by atoms with E-state index < -0.39 is 11.9 Å². The number of carbonyl (C=O) groups excluding carboxylic acids is 1. The number of carboxylic acid groups (broad SMARTS) is 2. The minimum absolute atomic E-state index is 0.0226. The Morgan fingerprint density at radius 3 is 1.30 bits per heavy atom. The molecule has 0 rings (SSSR count). The quantitative estimate of drug-likeness (QED) is 0.0384. The Hall–Kier alpha value is -2.15. The second-order valence-corrected chi connectivity index (χ2v) is 16.7. The van der Waals surface area contributed by atoms with Crippen LogP contribution in [0.15, 0.2) is 24.3 Å². The molecule has 7 nitrogen and oxygen atoms in total. The van der Waals surface area contributed by atoms with Crippen LogP contribution in [0, 0.1) is 10.8 Å². The number of ether oxygens (including phenoxy) is 1. The van der Waals surface area contributed by atoms with Crippen LogP contribution in [0.1, 0.15) is 195 Å². The molecule has 50 heavy (non-hydrogen) atoms. The first-order valence-electron chi connectivity index (χ1n) is 20.3. The van der Waals surface area contributed by atoms with Crippen molar-refractivity contribution in [3.05, 3.63) is 24.3 Å². The molecule has 0 atom stereocenters. The summed E-state index contributed by atoms with van der Waals surface area (Å²) in [6, 6.07) is 0. The van der Waals surface area contributed by atoms with E-state index in [0.717, 1.165) is 90.0 Å². The minimum Gasteiger partial charge on any atom is -0.481 e. The largest absolute Gasteiger partial charge is 0.481 e. The number of unbranched alkanes of at least 4 members (excludes halogenated alkanes) is 16. The van der Waals surface area contributed by atoms with Crippen molar-refractivity contribution in [2.75, 3.05) is 20.6 Å². The van der Waals surface area contributed by atoms with Crippen molar-refractivity contribution in [2.45, 2.75) is 201 Å². The van der Waals surface area contributed by atoms with Crippen LogP contribution in [0.5, 0.6) is 0 Å². The monoisotopic (exact) mass is 706 g/mol. The molecule has 0 fully saturated rings. The van der Waals surface area contributed by atoms with Gasteiger partial charge in [0.05, 0.1) is 6.42 Å². The number of hydrogen-bond donors (Lipinski definition) is 2. The van der Waals surface area contributed by atoms with Gasteiger partial charge >= 0.3 is 17.9 Å². The van der Waals surface area contributed by atoms with Gasteiger partial charge < -0.3 is 19.8 Å². The molecule has 0 aromatic heterocycles. The van der Waals surface area contributed by atoms with E-state index in [1.807, 2.05) is 0 Å². The average molecular weight is 706 g/mol. The van der Waals surface area contributed by atoms with E-state index in [4.69, 9.17) is 14.9 Å². The molecule has 0 bridgehead atoms. The zero-order valence-electron chi connectivity index (χ0n) is 33.5. The summed E-state index contributed by atoms with van der Waals surface area (Å²) in [4.78, 5) is 36.6. The lowest BCUT2D eigenvalue weighted by molar-refractivity contribution is -0.152. The third kappa shape index (κ3) is 34.3. The van der Waals surface area contributed by atoms with Crippen LogP contribution in [0.25, 0.3) is 0 Å². The van der Waals surface area contributed by atoms with E-state index in [2.05, 4.69) is 71.0 Å². The van der Waals surface area contributed by atoms with Gasteiger partial charge in [0, 0.05) is 19.4 Å². The van der Waals surface area contributed by atoms with Crippen molar-refractivity contribution in [2.24, 2.45) is 10.8 Å². The number of carbonyl (C=O) groups is 3. The van der Waals surface area contributed by atoms with Crippen LogP contribution >= 0.6 is 0 Å². The van der Waals surface area contributed by atoms with Crippen molar-refractivity contribution in [3.63, 3.8) is 0 Å². The predicted octanol–water partition coefficient (Wildman–Crippen LogP) is 11.9. The number of esters is 1. The maximum atomic E-state index is 13.2. The van der Waals surface area contributed by atoms with E-state index in [-0.39, 0.29) is 35.7 Å². The highest BCUT2D eigenvalue weighted by atomic mass is 16.5. The van der Waals surface area contributed by atoms with Crippen molar-refractivity contribution < 1.29 is 29.3 Å². The highest BCUT2D eigenvalue weighted by Gasteiger charge is 2.32. The van der Waals surface area contributed by atoms with Crippen LogP contribution in [-0.2, 0) is 19.1 Å². The maximum Gasteiger partial charge on any atom is 0.306 e. The number of nitrogens with zero attached hydrogens (tertiary/aromatic N) is 1. The molecule has 0 aromatic carbocycles. The summed E-state index contributed by atoms with van der Waals surface area (Å²) >= 11 is 0. The van der Waals surface area contributed by atoms with Gasteiger partial charge in [0.2, 0.25) is 0 Å². The highest BCUT2D eigenvalue weighted by molar-refractivity contribution is 5.70. The summed E-state index contributed by atoms with van der Waals surface area (Å²) in [7, 11) is 4.22. The Balaban J connectivity index is 4.48. The first-order chi connectivity index (χ1) is 23.7. The molecule has 0 aliphatic carbocycles. The number of carboxylic acids is 2. The molecule has 0 unspecified atom stereocenters. The van der Waals surface area contributed by atoms with Gasteiger partial charge in [0.15, 0.2) is 0 Å². The Bertz CT molecular complexity index is 874. The van der Waals surface area contributed by atoms with Crippen LogP contribution in [-0.4, -0.2) is 59.8 Å². The zero-order chi connectivity index (χ0) is 37.5. The summed E-state index contributed by atoms with van der Waals surface area (Å²) in [5, 5.41) is 17.4. The van der Waals surface area contributed by atoms with Gasteiger partial charge in [-0.1, -0.05) is 103 Å². The molecule has 0 radical (unpaired) electrons. The van der Waals surface area contributed by atoms with Crippen LogP contribution < -0.4 is 0 Å². The molecule has 0 aromatic rings. The van der Waals surface area contributed by atoms with Gasteiger partial charge in [-0.05, 0) is 121 Å². The molecule has 0 spiro atoms. The molecular weight excluding hydrogens is 626 g/mol. The summed E-state index contributed by atoms with van der Waals surface area (Å²) < 4.78 is 6.20. The molecule has 0 heterocycles. The van der Waals surface area contributed by atoms with Gasteiger partial charge in [0.1, 0.15) is 6.10 Å². The molecule has 0 amide bonds. The standard InChI is InChI=1S/C43H79NO6/c1-42(2,36-43(3,4)37-44(5)6)35-41(49)50-38(31-27-23-19-15-11-7-9-13-17-21-25-29-33-39(45)46)32-28-24-20-16-12-8-10-14-18-22-26-30-34-40(47)48/h13-14,17-18,38H,7-12,15-16,19-37H2,1-6H3,(H,45,46)(H,47,48)/b17-13-,18-14-. The molecule has 7 heteroatoms. The zero-order valence-corrected chi connectivity index (χ0v) is 33.5. The third-order valence-electron chi connectivity index (χ3n) is 9.27.